The highest BCUT2D eigenvalue weighted by atomic mass is 19.4. The average molecular weight is 458 g/mol. The van der Waals surface area contributed by atoms with Crippen LogP contribution in [-0.2, 0) is 23.9 Å². The van der Waals surface area contributed by atoms with Gasteiger partial charge in [0.15, 0.2) is 0 Å². The van der Waals surface area contributed by atoms with Crippen LogP contribution in [0.25, 0.3) is 11.0 Å². The molecule has 0 unspecified atom stereocenters. The Morgan fingerprint density at radius 2 is 1.73 bits per heavy atom. The molecule has 0 saturated carbocycles. The summed E-state index contributed by atoms with van der Waals surface area (Å²) < 4.78 is 58.1. The first-order valence-electron chi connectivity index (χ1n) is 9.93. The molecule has 2 aromatic heterocycles. The van der Waals surface area contributed by atoms with E-state index in [1.165, 1.54) is 18.5 Å². The lowest BCUT2D eigenvalue weighted by Crippen LogP contribution is -2.14. The molecule has 0 bridgehead atoms. The molecule has 1 amide bonds. The third-order valence-corrected chi connectivity index (χ3v) is 4.84. The average Bonchev–Trinajstić information content (AvgIpc) is 3.19. The molecule has 170 valence electrons. The summed E-state index contributed by atoms with van der Waals surface area (Å²) in [5, 5.41) is 3.33. The number of amides is 1. The molecule has 10 heteroatoms. The number of rotatable bonds is 7. The van der Waals surface area contributed by atoms with Gasteiger partial charge in [0.2, 0.25) is 11.8 Å². The number of benzene rings is 2. The molecule has 0 spiro atoms. The number of carbonyl (C=O) groups is 1. The van der Waals surface area contributed by atoms with Crippen LogP contribution < -0.4 is 10.1 Å². The van der Waals surface area contributed by atoms with E-state index in [-0.39, 0.29) is 18.9 Å². The van der Waals surface area contributed by atoms with Gasteiger partial charge in [0, 0.05) is 11.9 Å². The second kappa shape index (κ2) is 9.27. The number of hydrogen-bond acceptors (Lipinski definition) is 4. The molecule has 0 fully saturated rings. The molecule has 0 radical (unpaired) electrons. The number of nitrogens with zero attached hydrogens (tertiary/aromatic N) is 3. The number of anilines is 1. The molecule has 33 heavy (non-hydrogen) atoms. The largest absolute Gasteiger partial charge is 0.438 e. The van der Waals surface area contributed by atoms with Crippen molar-refractivity contribution < 1.29 is 27.1 Å². The van der Waals surface area contributed by atoms with Crippen LogP contribution in [0.3, 0.4) is 0 Å². The minimum atomic E-state index is -4.42. The summed E-state index contributed by atoms with van der Waals surface area (Å²) in [5.74, 6) is 0.417. The van der Waals surface area contributed by atoms with E-state index in [9.17, 15) is 22.4 Å². The molecule has 2 heterocycles. The van der Waals surface area contributed by atoms with Gasteiger partial charge in [0.05, 0.1) is 23.9 Å². The monoisotopic (exact) mass is 458 g/mol. The van der Waals surface area contributed by atoms with Gasteiger partial charge in [0.1, 0.15) is 24.4 Å². The Hall–Kier alpha value is -3.95. The Bertz CT molecular complexity index is 1250. The Morgan fingerprint density at radius 3 is 2.39 bits per heavy atom. The molecule has 0 aliphatic carbocycles. The topological polar surface area (TPSA) is 69.0 Å². The summed E-state index contributed by atoms with van der Waals surface area (Å²) in [6.07, 6.45) is -1.44. The Balaban J connectivity index is 1.38. The number of halogens is 4. The van der Waals surface area contributed by atoms with Crippen molar-refractivity contribution in [2.45, 2.75) is 19.1 Å². The first-order valence-corrected chi connectivity index (χ1v) is 9.93. The maximum absolute atomic E-state index is 12.7. The SMILES string of the molecule is O=C(Cc1ccc(C(F)(F)F)cc1)Nc1ccc(Oc2ncnc3c2ccn3CCF)cc1. The Morgan fingerprint density at radius 1 is 1.00 bits per heavy atom. The molecule has 0 aliphatic rings. The number of aryl methyl sites for hydroxylation is 1. The maximum atomic E-state index is 12.7. The van der Waals surface area contributed by atoms with E-state index in [2.05, 4.69) is 15.3 Å². The molecule has 1 N–H and O–H groups in total. The van der Waals surface area contributed by atoms with E-state index in [1.54, 1.807) is 41.1 Å². The van der Waals surface area contributed by atoms with Crippen molar-refractivity contribution in [3.8, 4) is 11.6 Å². The predicted octanol–water partition coefficient (Wildman–Crippen LogP) is 5.39. The summed E-state index contributed by atoms with van der Waals surface area (Å²) in [6.45, 7) is -0.336. The van der Waals surface area contributed by atoms with Crippen molar-refractivity contribution in [2.24, 2.45) is 0 Å². The fourth-order valence-electron chi connectivity index (χ4n) is 3.25. The Kier molecular flexibility index (Phi) is 6.25. The second-order valence-electron chi connectivity index (χ2n) is 7.16. The first-order chi connectivity index (χ1) is 15.8. The van der Waals surface area contributed by atoms with Gasteiger partial charge in [-0.2, -0.15) is 13.2 Å². The highest BCUT2D eigenvalue weighted by Crippen LogP contribution is 2.30. The number of nitrogens with one attached hydrogen (secondary N) is 1. The number of alkyl halides is 4. The van der Waals surface area contributed by atoms with Gasteiger partial charge < -0.3 is 14.6 Å². The lowest BCUT2D eigenvalue weighted by atomic mass is 10.1. The van der Waals surface area contributed by atoms with Crippen LogP contribution in [-0.4, -0.2) is 27.1 Å². The smallest absolute Gasteiger partial charge is 0.416 e. The summed E-state index contributed by atoms with van der Waals surface area (Å²) in [7, 11) is 0. The van der Waals surface area contributed by atoms with Crippen molar-refractivity contribution in [3.05, 3.63) is 78.2 Å². The number of hydrogen-bond donors (Lipinski definition) is 1. The molecule has 0 aliphatic heterocycles. The molecule has 4 aromatic rings. The molecular weight excluding hydrogens is 440 g/mol. The van der Waals surface area contributed by atoms with E-state index in [1.807, 2.05) is 0 Å². The van der Waals surface area contributed by atoms with E-state index in [0.717, 1.165) is 12.1 Å². The lowest BCUT2D eigenvalue weighted by molar-refractivity contribution is -0.137. The zero-order chi connectivity index (χ0) is 23.4. The normalized spacial score (nSPS) is 11.5. The zero-order valence-electron chi connectivity index (χ0n) is 17.1. The van der Waals surface area contributed by atoms with Crippen molar-refractivity contribution in [2.75, 3.05) is 12.0 Å². The van der Waals surface area contributed by atoms with Crippen LogP contribution in [0.2, 0.25) is 0 Å². The number of aromatic nitrogens is 3. The van der Waals surface area contributed by atoms with Crippen molar-refractivity contribution in [1.82, 2.24) is 14.5 Å². The maximum Gasteiger partial charge on any atom is 0.416 e. The predicted molar refractivity (Wildman–Crippen MR) is 114 cm³/mol. The summed E-state index contributed by atoms with van der Waals surface area (Å²) >= 11 is 0. The van der Waals surface area contributed by atoms with Gasteiger partial charge in [-0.3, -0.25) is 4.79 Å². The minimum absolute atomic E-state index is 0.0643. The molecule has 6 nitrogen and oxygen atoms in total. The minimum Gasteiger partial charge on any atom is -0.438 e. The van der Waals surface area contributed by atoms with Crippen molar-refractivity contribution in [1.29, 1.82) is 0 Å². The molecular formula is C23H18F4N4O2. The fourth-order valence-corrected chi connectivity index (χ4v) is 3.25. The van der Waals surface area contributed by atoms with Crippen LogP contribution in [0.1, 0.15) is 11.1 Å². The van der Waals surface area contributed by atoms with Gasteiger partial charge in [-0.15, -0.1) is 0 Å². The van der Waals surface area contributed by atoms with Crippen LogP contribution in [0.4, 0.5) is 23.2 Å². The van der Waals surface area contributed by atoms with Gasteiger partial charge in [-0.1, -0.05) is 12.1 Å². The first kappa shape index (κ1) is 22.3. The highest BCUT2D eigenvalue weighted by molar-refractivity contribution is 5.92. The van der Waals surface area contributed by atoms with Crippen molar-refractivity contribution in [3.63, 3.8) is 0 Å². The van der Waals surface area contributed by atoms with E-state index < -0.39 is 18.4 Å². The molecule has 4 rings (SSSR count). The zero-order valence-corrected chi connectivity index (χ0v) is 17.1. The molecule has 0 saturated heterocycles. The van der Waals surface area contributed by atoms with Gasteiger partial charge in [0.25, 0.3) is 0 Å². The summed E-state index contributed by atoms with van der Waals surface area (Å²) in [4.78, 5) is 20.5. The highest BCUT2D eigenvalue weighted by Gasteiger charge is 2.29. The Labute approximate surface area is 185 Å². The van der Waals surface area contributed by atoms with Crippen molar-refractivity contribution >= 4 is 22.6 Å². The number of carbonyl (C=O) groups excluding carboxylic acids is 1. The van der Waals surface area contributed by atoms with E-state index >= 15 is 0 Å². The van der Waals surface area contributed by atoms with Crippen LogP contribution in [0.5, 0.6) is 11.6 Å². The third kappa shape index (κ3) is 5.28. The third-order valence-electron chi connectivity index (χ3n) is 4.84. The fraction of sp³-hybridized carbons (Fsp3) is 0.174. The number of fused-ring (bicyclic) bond motifs is 1. The second-order valence-corrected chi connectivity index (χ2v) is 7.16. The standard InChI is InChI=1S/C23H18F4N4O2/c24-10-12-31-11-9-19-21(31)28-14-29-22(19)33-18-7-5-17(6-8-18)30-20(32)13-15-1-3-16(4-2-15)23(25,26)27/h1-9,11,14H,10,12-13H2,(H,30,32). The van der Waals surface area contributed by atoms with Gasteiger partial charge >= 0.3 is 6.18 Å². The summed E-state index contributed by atoms with van der Waals surface area (Å²) in [5.41, 5.74) is 0.765. The quantitative estimate of drug-likeness (QED) is 0.377. The van der Waals surface area contributed by atoms with Crippen LogP contribution >= 0.6 is 0 Å². The summed E-state index contributed by atoms with van der Waals surface area (Å²) in [6, 6.07) is 12.7. The van der Waals surface area contributed by atoms with Crippen LogP contribution in [0, 0.1) is 0 Å². The van der Waals surface area contributed by atoms with Crippen LogP contribution in [0.15, 0.2) is 67.1 Å². The molecule has 2 aromatic carbocycles. The molecule has 0 atom stereocenters. The van der Waals surface area contributed by atoms with Gasteiger partial charge in [-0.25, -0.2) is 14.4 Å². The lowest BCUT2D eigenvalue weighted by Gasteiger charge is -2.09. The van der Waals surface area contributed by atoms with E-state index in [4.69, 9.17) is 4.74 Å². The van der Waals surface area contributed by atoms with E-state index in [0.29, 0.717) is 33.9 Å². The van der Waals surface area contributed by atoms with Gasteiger partial charge in [-0.05, 0) is 48.0 Å². The number of ether oxygens (including phenoxy) is 1.